The second-order valence-corrected chi connectivity index (χ2v) is 8.59. The summed E-state index contributed by atoms with van der Waals surface area (Å²) in [5, 5.41) is 11.9. The minimum Gasteiger partial charge on any atom is -0.489 e. The first-order valence-electron chi connectivity index (χ1n) is 10.3. The highest BCUT2D eigenvalue weighted by Gasteiger charge is 2.64. The number of hydrogen-bond donors (Lipinski definition) is 1. The number of nitriles is 1. The molecule has 2 saturated heterocycles. The molecule has 7 heteroatoms. The number of piperidine rings is 1. The third-order valence-corrected chi connectivity index (χ3v) is 6.91. The number of carbonyl (C=O) groups excluding carboxylic acids is 1. The van der Waals surface area contributed by atoms with Crippen molar-refractivity contribution >= 4 is 17.9 Å². The van der Waals surface area contributed by atoms with Crippen molar-refractivity contribution in [1.29, 1.82) is 5.26 Å². The fraction of sp³-hybridized carbons (Fsp3) is 0.435. The van der Waals surface area contributed by atoms with Gasteiger partial charge in [0.15, 0.2) is 0 Å². The number of amides is 1. The predicted molar refractivity (Wildman–Crippen MR) is 109 cm³/mol. The Balaban J connectivity index is 1.37. The summed E-state index contributed by atoms with van der Waals surface area (Å²) in [5.41, 5.74) is 2.28. The zero-order valence-corrected chi connectivity index (χ0v) is 16.9. The van der Waals surface area contributed by atoms with E-state index in [9.17, 15) is 9.18 Å². The Bertz CT molecular complexity index is 1070. The average Bonchev–Trinajstić information content (AvgIpc) is 3.34. The van der Waals surface area contributed by atoms with Crippen LogP contribution in [0.25, 0.3) is 0 Å². The van der Waals surface area contributed by atoms with Gasteiger partial charge in [-0.25, -0.2) is 9.37 Å². The average molecular weight is 406 g/mol. The first-order valence-corrected chi connectivity index (χ1v) is 10.3. The zero-order valence-electron chi connectivity index (χ0n) is 16.9. The van der Waals surface area contributed by atoms with Crippen LogP contribution in [0.15, 0.2) is 24.4 Å². The van der Waals surface area contributed by atoms with Gasteiger partial charge in [-0.1, -0.05) is 0 Å². The number of rotatable bonds is 5. The van der Waals surface area contributed by atoms with Crippen molar-refractivity contribution in [3.8, 4) is 11.8 Å². The molecule has 1 N–H and O–H groups in total. The molecule has 3 heterocycles. The first-order chi connectivity index (χ1) is 14.5. The molecular formula is C23H23FN4O2. The van der Waals surface area contributed by atoms with Crippen LogP contribution >= 0.6 is 0 Å². The Labute approximate surface area is 174 Å². The van der Waals surface area contributed by atoms with Crippen LogP contribution in [0.3, 0.4) is 0 Å². The van der Waals surface area contributed by atoms with Gasteiger partial charge in [-0.3, -0.25) is 4.79 Å². The minimum absolute atomic E-state index is 0.113. The number of aryl methyl sites for hydroxylation is 1. The molecule has 1 aliphatic carbocycles. The van der Waals surface area contributed by atoms with Gasteiger partial charge in [0.2, 0.25) is 6.41 Å². The van der Waals surface area contributed by atoms with Crippen molar-refractivity contribution in [2.45, 2.75) is 51.3 Å². The summed E-state index contributed by atoms with van der Waals surface area (Å²) < 4.78 is 20.8. The Hall–Kier alpha value is -3.14. The monoisotopic (exact) mass is 406 g/mol. The number of nitrogens with zero attached hydrogens (tertiary/aromatic N) is 3. The van der Waals surface area contributed by atoms with Gasteiger partial charge in [0, 0.05) is 41.2 Å². The van der Waals surface area contributed by atoms with Crippen LogP contribution in [-0.2, 0) is 4.79 Å². The number of halogens is 1. The number of ether oxygens (including phenoxy) is 1. The van der Waals surface area contributed by atoms with Gasteiger partial charge in [0.05, 0.1) is 17.3 Å². The molecule has 2 bridgehead atoms. The van der Waals surface area contributed by atoms with Gasteiger partial charge in [-0.15, -0.1) is 0 Å². The van der Waals surface area contributed by atoms with Crippen molar-refractivity contribution in [2.24, 2.45) is 11.8 Å². The van der Waals surface area contributed by atoms with Crippen LogP contribution in [0.4, 0.5) is 15.9 Å². The summed E-state index contributed by atoms with van der Waals surface area (Å²) >= 11 is 0. The second kappa shape index (κ2) is 6.98. The first kappa shape index (κ1) is 18.9. The minimum atomic E-state index is -0.503. The maximum Gasteiger partial charge on any atom is 0.210 e. The third-order valence-electron chi connectivity index (χ3n) is 6.91. The van der Waals surface area contributed by atoms with Gasteiger partial charge >= 0.3 is 0 Å². The van der Waals surface area contributed by atoms with Crippen molar-refractivity contribution in [3.63, 3.8) is 0 Å². The Morgan fingerprint density at radius 1 is 1.37 bits per heavy atom. The molecule has 154 valence electrons. The molecule has 2 aliphatic heterocycles. The summed E-state index contributed by atoms with van der Waals surface area (Å²) in [6.07, 6.45) is 6.01. The van der Waals surface area contributed by atoms with E-state index in [1.54, 1.807) is 12.3 Å². The number of aromatic nitrogens is 1. The van der Waals surface area contributed by atoms with Crippen LogP contribution in [0.5, 0.6) is 5.75 Å². The summed E-state index contributed by atoms with van der Waals surface area (Å²) in [6.45, 7) is 3.87. The maximum absolute atomic E-state index is 14.3. The summed E-state index contributed by atoms with van der Waals surface area (Å²) in [4.78, 5) is 17.9. The van der Waals surface area contributed by atoms with Crippen molar-refractivity contribution in [3.05, 3.63) is 46.9 Å². The molecule has 1 saturated carbocycles. The third kappa shape index (κ3) is 2.90. The summed E-state index contributed by atoms with van der Waals surface area (Å²) in [5.74, 6) is 1.69. The van der Waals surface area contributed by atoms with Crippen LogP contribution in [0.2, 0.25) is 0 Å². The van der Waals surface area contributed by atoms with E-state index in [1.807, 2.05) is 24.8 Å². The van der Waals surface area contributed by atoms with E-state index in [-0.39, 0.29) is 17.4 Å². The van der Waals surface area contributed by atoms with Crippen molar-refractivity contribution in [2.75, 3.05) is 5.32 Å². The topological polar surface area (TPSA) is 78.2 Å². The molecule has 2 aromatic rings. The molecule has 3 aliphatic rings. The Morgan fingerprint density at radius 3 is 2.93 bits per heavy atom. The van der Waals surface area contributed by atoms with Crippen LogP contribution in [-0.4, -0.2) is 34.5 Å². The number of anilines is 2. The van der Waals surface area contributed by atoms with Gasteiger partial charge in [0.1, 0.15) is 23.5 Å². The molecule has 30 heavy (non-hydrogen) atoms. The molecule has 6 nitrogen and oxygen atoms in total. The molecule has 0 radical (unpaired) electrons. The number of fused-ring (bicyclic) bond motifs is 4. The van der Waals surface area contributed by atoms with Crippen LogP contribution in [0, 0.1) is 42.8 Å². The van der Waals surface area contributed by atoms with Crippen LogP contribution in [0.1, 0.15) is 36.0 Å². The molecule has 5 unspecified atom stereocenters. The van der Waals surface area contributed by atoms with Gasteiger partial charge in [-0.2, -0.15) is 5.26 Å². The fourth-order valence-electron chi connectivity index (χ4n) is 5.35. The molecule has 3 fully saturated rings. The molecule has 0 spiro atoms. The highest BCUT2D eigenvalue weighted by Crippen LogP contribution is 2.57. The smallest absolute Gasteiger partial charge is 0.210 e. The highest BCUT2D eigenvalue weighted by molar-refractivity contribution is 5.64. The molecule has 5 rings (SSSR count). The van der Waals surface area contributed by atoms with E-state index in [4.69, 9.17) is 10.00 Å². The molecule has 1 aromatic carbocycles. The zero-order chi connectivity index (χ0) is 21.0. The highest BCUT2D eigenvalue weighted by atomic mass is 19.1. The van der Waals surface area contributed by atoms with E-state index < -0.39 is 5.82 Å². The fourth-order valence-corrected chi connectivity index (χ4v) is 5.35. The predicted octanol–water partition coefficient (Wildman–Crippen LogP) is 3.84. The lowest BCUT2D eigenvalue weighted by atomic mass is 10.0. The lowest BCUT2D eigenvalue weighted by Gasteiger charge is -2.30. The Kier molecular flexibility index (Phi) is 4.39. The van der Waals surface area contributed by atoms with E-state index in [1.165, 1.54) is 12.1 Å². The van der Waals surface area contributed by atoms with Crippen molar-refractivity contribution < 1.29 is 13.9 Å². The number of hydrogen-bond acceptors (Lipinski definition) is 5. The molecule has 1 aromatic heterocycles. The second-order valence-electron chi connectivity index (χ2n) is 8.59. The van der Waals surface area contributed by atoms with E-state index in [2.05, 4.69) is 10.3 Å². The largest absolute Gasteiger partial charge is 0.489 e. The number of carbonyl (C=O) groups is 1. The lowest BCUT2D eigenvalue weighted by Crippen LogP contribution is -2.40. The standard InChI is InChI=1S/C23H23FN4O2/c1-12-10-26-23(27-18-5-3-14(9-25)7-17(18)24)13(2)21(12)30-22-16-8-15-4-6-19(20(16)22)28(15)11-29/h3,5,7,10-11,15-16,19-20,22H,4,6,8H2,1-2H3,(H,26,27). The quantitative estimate of drug-likeness (QED) is 0.764. The van der Waals surface area contributed by atoms with Gasteiger partial charge in [-0.05, 0) is 51.3 Å². The van der Waals surface area contributed by atoms with E-state index in [0.29, 0.717) is 29.7 Å². The molecule has 5 atom stereocenters. The van der Waals surface area contributed by atoms with Crippen LogP contribution < -0.4 is 10.1 Å². The number of pyridine rings is 1. The van der Waals surface area contributed by atoms with Gasteiger partial charge < -0.3 is 15.0 Å². The molecule has 1 amide bonds. The number of nitrogens with one attached hydrogen (secondary N) is 1. The lowest BCUT2D eigenvalue weighted by molar-refractivity contribution is -0.122. The maximum atomic E-state index is 14.3. The van der Waals surface area contributed by atoms with Crippen molar-refractivity contribution in [1.82, 2.24) is 9.88 Å². The molecular weight excluding hydrogens is 383 g/mol. The van der Waals surface area contributed by atoms with Gasteiger partial charge in [0.25, 0.3) is 0 Å². The summed E-state index contributed by atoms with van der Waals surface area (Å²) in [7, 11) is 0. The summed E-state index contributed by atoms with van der Waals surface area (Å²) in [6, 6.07) is 6.89. The van der Waals surface area contributed by atoms with E-state index >= 15 is 0 Å². The number of benzene rings is 1. The normalized spacial score (nSPS) is 28.5. The SMILES string of the molecule is Cc1cnc(Nc2ccc(C#N)cc2F)c(C)c1OC1C2CC3CCC(C21)N3C=O. The van der Waals surface area contributed by atoms with E-state index in [0.717, 1.165) is 42.5 Å². The Morgan fingerprint density at radius 2 is 2.20 bits per heavy atom.